The molecule has 4 rings (SSSR count). The predicted molar refractivity (Wildman–Crippen MR) is 87.9 cm³/mol. The Kier molecular flexibility index (Phi) is 3.36. The third kappa shape index (κ3) is 2.49. The van der Waals surface area contributed by atoms with Crippen molar-refractivity contribution in [3.05, 3.63) is 58.7 Å². The second kappa shape index (κ2) is 5.51. The lowest BCUT2D eigenvalue weighted by Gasteiger charge is -2.02. The SMILES string of the molecule is Fc1ccc(CNc2nn3c(-c4ccsc4)cnc3s2)cc1. The molecule has 0 saturated heterocycles. The third-order valence-corrected chi connectivity index (χ3v) is 4.82. The molecule has 4 nitrogen and oxygen atoms in total. The first kappa shape index (κ1) is 13.4. The number of anilines is 1. The molecule has 7 heteroatoms. The monoisotopic (exact) mass is 330 g/mol. The predicted octanol–water partition coefficient (Wildman–Crippen LogP) is 4.27. The molecule has 0 atom stereocenters. The van der Waals surface area contributed by atoms with Gasteiger partial charge in [-0.1, -0.05) is 23.5 Å². The fourth-order valence-corrected chi connectivity index (χ4v) is 3.57. The minimum absolute atomic E-state index is 0.225. The highest BCUT2D eigenvalue weighted by atomic mass is 32.1. The van der Waals surface area contributed by atoms with Gasteiger partial charge in [-0.15, -0.1) is 5.10 Å². The summed E-state index contributed by atoms with van der Waals surface area (Å²) in [7, 11) is 0. The van der Waals surface area contributed by atoms with E-state index < -0.39 is 0 Å². The average molecular weight is 330 g/mol. The molecule has 22 heavy (non-hydrogen) atoms. The molecule has 0 aliphatic heterocycles. The van der Waals surface area contributed by atoms with Gasteiger partial charge in [-0.3, -0.25) is 0 Å². The summed E-state index contributed by atoms with van der Waals surface area (Å²) in [6.07, 6.45) is 1.84. The van der Waals surface area contributed by atoms with Crippen molar-refractivity contribution >= 4 is 32.8 Å². The summed E-state index contributed by atoms with van der Waals surface area (Å²) in [5, 5.41) is 12.7. The molecule has 4 aromatic rings. The summed E-state index contributed by atoms with van der Waals surface area (Å²) < 4.78 is 14.7. The number of halogens is 1. The maximum Gasteiger partial charge on any atom is 0.214 e. The van der Waals surface area contributed by atoms with Crippen molar-refractivity contribution in [3.8, 4) is 11.3 Å². The second-order valence-electron chi connectivity index (χ2n) is 4.74. The Morgan fingerprint density at radius 3 is 2.82 bits per heavy atom. The molecule has 0 spiro atoms. The van der Waals surface area contributed by atoms with Crippen LogP contribution >= 0.6 is 22.7 Å². The van der Waals surface area contributed by atoms with Gasteiger partial charge in [-0.25, -0.2) is 13.9 Å². The summed E-state index contributed by atoms with van der Waals surface area (Å²) in [5.41, 5.74) is 3.11. The maximum atomic E-state index is 12.9. The minimum atomic E-state index is -0.225. The molecule has 0 aliphatic rings. The standard InChI is InChI=1S/C15H11FN4S2/c16-12-3-1-10(2-4-12)7-17-14-19-20-13(8-18-15(20)22-14)11-5-6-21-9-11/h1-6,8-9H,7H2,(H,17,19). The first-order valence-corrected chi connectivity index (χ1v) is 8.41. The molecule has 0 unspecified atom stereocenters. The number of nitrogens with zero attached hydrogens (tertiary/aromatic N) is 3. The van der Waals surface area contributed by atoms with E-state index in [0.29, 0.717) is 6.54 Å². The third-order valence-electron chi connectivity index (χ3n) is 3.26. The summed E-state index contributed by atoms with van der Waals surface area (Å²) in [6.45, 7) is 0.602. The van der Waals surface area contributed by atoms with Crippen LogP contribution in [-0.4, -0.2) is 14.6 Å². The first-order chi connectivity index (χ1) is 10.8. The number of benzene rings is 1. The van der Waals surface area contributed by atoms with E-state index in [1.54, 1.807) is 23.5 Å². The number of thiophene rings is 1. The van der Waals surface area contributed by atoms with Gasteiger partial charge in [0.25, 0.3) is 0 Å². The fourth-order valence-electron chi connectivity index (χ4n) is 2.15. The van der Waals surface area contributed by atoms with Gasteiger partial charge >= 0.3 is 0 Å². The van der Waals surface area contributed by atoms with Crippen LogP contribution in [0.5, 0.6) is 0 Å². The van der Waals surface area contributed by atoms with Crippen LogP contribution in [0.4, 0.5) is 9.52 Å². The van der Waals surface area contributed by atoms with Crippen molar-refractivity contribution in [2.45, 2.75) is 6.54 Å². The van der Waals surface area contributed by atoms with Crippen molar-refractivity contribution in [2.24, 2.45) is 0 Å². The van der Waals surface area contributed by atoms with Gasteiger partial charge in [0.05, 0.1) is 11.9 Å². The Balaban J connectivity index is 1.57. The normalized spacial score (nSPS) is 11.1. The molecule has 0 saturated carbocycles. The molecule has 0 radical (unpaired) electrons. The van der Waals surface area contributed by atoms with E-state index >= 15 is 0 Å². The van der Waals surface area contributed by atoms with Gasteiger partial charge in [0, 0.05) is 17.5 Å². The molecule has 3 aromatic heterocycles. The largest absolute Gasteiger partial charge is 0.356 e. The Morgan fingerprint density at radius 1 is 1.18 bits per heavy atom. The summed E-state index contributed by atoms with van der Waals surface area (Å²) >= 11 is 3.15. The van der Waals surface area contributed by atoms with Crippen molar-refractivity contribution < 1.29 is 4.39 Å². The van der Waals surface area contributed by atoms with Crippen molar-refractivity contribution in [3.63, 3.8) is 0 Å². The number of fused-ring (bicyclic) bond motifs is 1. The van der Waals surface area contributed by atoms with E-state index in [0.717, 1.165) is 26.9 Å². The Morgan fingerprint density at radius 2 is 2.05 bits per heavy atom. The van der Waals surface area contributed by atoms with Gasteiger partial charge in [0.1, 0.15) is 5.82 Å². The van der Waals surface area contributed by atoms with Crippen LogP contribution in [0.2, 0.25) is 0 Å². The zero-order chi connectivity index (χ0) is 14.9. The van der Waals surface area contributed by atoms with E-state index in [1.807, 2.05) is 16.1 Å². The Labute approximate surface area is 133 Å². The number of aromatic nitrogens is 3. The Bertz CT molecular complexity index is 894. The van der Waals surface area contributed by atoms with Crippen molar-refractivity contribution in [1.82, 2.24) is 14.6 Å². The van der Waals surface area contributed by atoms with E-state index in [1.165, 1.54) is 23.5 Å². The van der Waals surface area contributed by atoms with Crippen LogP contribution in [0.25, 0.3) is 16.2 Å². The maximum absolute atomic E-state index is 12.9. The van der Waals surface area contributed by atoms with E-state index in [-0.39, 0.29) is 5.82 Å². The molecule has 0 amide bonds. The number of hydrogen-bond acceptors (Lipinski definition) is 5. The number of hydrogen-bond donors (Lipinski definition) is 1. The molecule has 0 bridgehead atoms. The van der Waals surface area contributed by atoms with Gasteiger partial charge in [0.2, 0.25) is 10.1 Å². The summed E-state index contributed by atoms with van der Waals surface area (Å²) in [4.78, 5) is 5.25. The highest BCUT2D eigenvalue weighted by Gasteiger charge is 2.11. The second-order valence-corrected chi connectivity index (χ2v) is 6.47. The van der Waals surface area contributed by atoms with E-state index in [2.05, 4.69) is 26.8 Å². The zero-order valence-electron chi connectivity index (χ0n) is 11.4. The summed E-state index contributed by atoms with van der Waals surface area (Å²) in [6, 6.07) is 8.50. The van der Waals surface area contributed by atoms with E-state index in [4.69, 9.17) is 0 Å². The average Bonchev–Trinajstić information content (AvgIpc) is 3.22. The lowest BCUT2D eigenvalue weighted by molar-refractivity contribution is 0.627. The first-order valence-electron chi connectivity index (χ1n) is 6.65. The molecule has 0 aliphatic carbocycles. The van der Waals surface area contributed by atoms with E-state index in [9.17, 15) is 4.39 Å². The van der Waals surface area contributed by atoms with Gasteiger partial charge in [0.15, 0.2) is 0 Å². The van der Waals surface area contributed by atoms with Crippen LogP contribution in [0, 0.1) is 5.82 Å². The quantitative estimate of drug-likeness (QED) is 0.607. The molecule has 1 N–H and O–H groups in total. The topological polar surface area (TPSA) is 42.2 Å². The summed E-state index contributed by atoms with van der Waals surface area (Å²) in [5.74, 6) is -0.225. The molecular weight excluding hydrogens is 319 g/mol. The molecule has 0 fully saturated rings. The molecular formula is C15H11FN4S2. The Hall–Kier alpha value is -2.25. The number of imidazole rings is 1. The highest BCUT2D eigenvalue weighted by molar-refractivity contribution is 7.20. The molecule has 1 aromatic carbocycles. The van der Waals surface area contributed by atoms with Crippen molar-refractivity contribution in [2.75, 3.05) is 5.32 Å². The number of nitrogens with one attached hydrogen (secondary N) is 1. The lowest BCUT2D eigenvalue weighted by Crippen LogP contribution is -1.99. The van der Waals surface area contributed by atoms with Gasteiger partial charge < -0.3 is 5.32 Å². The van der Waals surface area contributed by atoms with Crippen LogP contribution in [-0.2, 0) is 6.54 Å². The van der Waals surface area contributed by atoms with Gasteiger partial charge in [-0.2, -0.15) is 11.3 Å². The zero-order valence-corrected chi connectivity index (χ0v) is 13.0. The van der Waals surface area contributed by atoms with Crippen LogP contribution < -0.4 is 5.32 Å². The van der Waals surface area contributed by atoms with Crippen LogP contribution in [0.3, 0.4) is 0 Å². The van der Waals surface area contributed by atoms with Crippen molar-refractivity contribution in [1.29, 1.82) is 0 Å². The minimum Gasteiger partial charge on any atom is -0.356 e. The van der Waals surface area contributed by atoms with Gasteiger partial charge in [-0.05, 0) is 29.1 Å². The van der Waals surface area contributed by atoms with Crippen LogP contribution in [0.15, 0.2) is 47.3 Å². The lowest BCUT2D eigenvalue weighted by atomic mass is 10.2. The molecule has 110 valence electrons. The number of rotatable bonds is 4. The fraction of sp³-hybridized carbons (Fsp3) is 0.0667. The highest BCUT2D eigenvalue weighted by Crippen LogP contribution is 2.27. The van der Waals surface area contributed by atoms with Crippen LogP contribution in [0.1, 0.15) is 5.56 Å². The smallest absolute Gasteiger partial charge is 0.214 e. The molecule has 3 heterocycles.